The number of aromatic nitrogens is 1. The van der Waals surface area contributed by atoms with Crippen LogP contribution in [0.15, 0.2) is 72.9 Å². The number of nitrogens with one attached hydrogen (secondary N) is 2. The van der Waals surface area contributed by atoms with E-state index in [-0.39, 0.29) is 11.7 Å². The van der Waals surface area contributed by atoms with Gasteiger partial charge in [-0.3, -0.25) is 4.79 Å². The highest BCUT2D eigenvalue weighted by Gasteiger charge is 2.07. The van der Waals surface area contributed by atoms with Crippen LogP contribution in [0.25, 0.3) is 6.08 Å². The molecule has 1 aromatic heterocycles. The minimum atomic E-state index is -0.281. The second-order valence-electron chi connectivity index (χ2n) is 6.28. The van der Waals surface area contributed by atoms with Crippen molar-refractivity contribution < 1.29 is 14.6 Å². The number of hydrogen-bond donors (Lipinski definition) is 3. The number of para-hydroxylation sites is 1. The fourth-order valence-corrected chi connectivity index (χ4v) is 2.59. The van der Waals surface area contributed by atoms with Crippen LogP contribution in [-0.2, 0) is 4.79 Å². The lowest BCUT2D eigenvalue weighted by Gasteiger charge is -2.11. The molecule has 0 radical (unpaired) electrons. The molecule has 0 spiro atoms. The zero-order valence-electron chi connectivity index (χ0n) is 16.1. The number of phenolic OH excluding ortho intramolecular Hbond substituents is 1. The van der Waals surface area contributed by atoms with Crippen LogP contribution in [0.2, 0.25) is 0 Å². The Morgan fingerprint density at radius 1 is 1.10 bits per heavy atom. The minimum Gasteiger partial charge on any atom is -0.508 e. The molecule has 3 N–H and O–H groups in total. The molecule has 3 rings (SSSR count). The highest BCUT2D eigenvalue weighted by molar-refractivity contribution is 6.03. The van der Waals surface area contributed by atoms with Crippen molar-refractivity contribution in [2.24, 2.45) is 0 Å². The third kappa shape index (κ3) is 5.84. The highest BCUT2D eigenvalue weighted by atomic mass is 16.5. The monoisotopic (exact) mass is 389 g/mol. The summed E-state index contributed by atoms with van der Waals surface area (Å²) in [4.78, 5) is 16.7. The van der Waals surface area contributed by atoms with E-state index in [1.165, 1.54) is 6.08 Å². The van der Waals surface area contributed by atoms with Crippen LogP contribution in [0.3, 0.4) is 0 Å². The van der Waals surface area contributed by atoms with E-state index in [4.69, 9.17) is 4.74 Å². The first kappa shape index (κ1) is 19.9. The fourth-order valence-electron chi connectivity index (χ4n) is 2.59. The molecule has 0 fully saturated rings. The first-order chi connectivity index (χ1) is 14.2. The van der Waals surface area contributed by atoms with Crippen LogP contribution in [0.1, 0.15) is 18.9 Å². The molecule has 29 heavy (non-hydrogen) atoms. The van der Waals surface area contributed by atoms with Gasteiger partial charge in [-0.15, -0.1) is 0 Å². The molecule has 1 heterocycles. The molecular formula is C23H23N3O3. The summed E-state index contributed by atoms with van der Waals surface area (Å²) in [5, 5.41) is 15.4. The third-order valence-electron chi connectivity index (χ3n) is 3.99. The van der Waals surface area contributed by atoms with E-state index in [0.717, 1.165) is 23.4 Å². The standard InChI is InChI=1S/C23H23N3O3/c1-2-16-29-21-8-4-3-6-17(21)9-14-22(28)26-20-7-5-15-24-23(20)25-18-10-12-19(27)13-11-18/h3-15,27H,2,16H2,1H3,(H,24,25)(H,26,28)/b14-9+. The zero-order valence-corrected chi connectivity index (χ0v) is 16.1. The fraction of sp³-hybridized carbons (Fsp3) is 0.130. The molecule has 0 bridgehead atoms. The van der Waals surface area contributed by atoms with Crippen molar-refractivity contribution in [3.8, 4) is 11.5 Å². The average molecular weight is 389 g/mol. The lowest BCUT2D eigenvalue weighted by Crippen LogP contribution is -2.10. The number of aromatic hydroxyl groups is 1. The molecule has 3 aromatic rings. The van der Waals surface area contributed by atoms with Crippen LogP contribution in [0.5, 0.6) is 11.5 Å². The van der Waals surface area contributed by atoms with Crippen molar-refractivity contribution in [3.05, 3.63) is 78.5 Å². The van der Waals surface area contributed by atoms with Crippen molar-refractivity contribution in [2.45, 2.75) is 13.3 Å². The van der Waals surface area contributed by atoms with Crippen LogP contribution < -0.4 is 15.4 Å². The van der Waals surface area contributed by atoms with Gasteiger partial charge in [-0.2, -0.15) is 0 Å². The molecule has 0 aliphatic heterocycles. The number of phenols is 1. The number of benzene rings is 2. The number of anilines is 3. The summed E-state index contributed by atoms with van der Waals surface area (Å²) >= 11 is 0. The Kier molecular flexibility index (Phi) is 6.84. The van der Waals surface area contributed by atoms with Crippen LogP contribution in [0.4, 0.5) is 17.2 Å². The third-order valence-corrected chi connectivity index (χ3v) is 3.99. The lowest BCUT2D eigenvalue weighted by atomic mass is 10.2. The van der Waals surface area contributed by atoms with Crippen molar-refractivity contribution >= 4 is 29.2 Å². The molecule has 148 valence electrons. The number of carbonyl (C=O) groups is 1. The number of pyridine rings is 1. The Morgan fingerprint density at radius 2 is 1.90 bits per heavy atom. The van der Waals surface area contributed by atoms with Crippen molar-refractivity contribution in [3.63, 3.8) is 0 Å². The van der Waals surface area contributed by atoms with Gasteiger partial charge in [0.2, 0.25) is 5.91 Å². The molecule has 6 nitrogen and oxygen atoms in total. The minimum absolute atomic E-state index is 0.179. The summed E-state index contributed by atoms with van der Waals surface area (Å²) in [7, 11) is 0. The molecule has 6 heteroatoms. The van der Waals surface area contributed by atoms with Crippen LogP contribution in [-0.4, -0.2) is 22.6 Å². The molecule has 0 aliphatic carbocycles. The molecule has 1 amide bonds. The number of hydrogen-bond acceptors (Lipinski definition) is 5. The smallest absolute Gasteiger partial charge is 0.248 e. The van der Waals surface area contributed by atoms with Crippen molar-refractivity contribution in [1.29, 1.82) is 0 Å². The van der Waals surface area contributed by atoms with Gasteiger partial charge in [0.1, 0.15) is 11.5 Å². The van der Waals surface area contributed by atoms with E-state index in [1.807, 2.05) is 31.2 Å². The Hall–Kier alpha value is -3.80. The SMILES string of the molecule is CCCOc1ccccc1/C=C/C(=O)Nc1cccnc1Nc1ccc(O)cc1. The molecule has 0 saturated heterocycles. The zero-order chi connectivity index (χ0) is 20.5. The van der Waals surface area contributed by atoms with Gasteiger partial charge in [-0.25, -0.2) is 4.98 Å². The number of carbonyl (C=O) groups excluding carboxylic acids is 1. The van der Waals surface area contributed by atoms with Gasteiger partial charge in [0, 0.05) is 23.5 Å². The Balaban J connectivity index is 1.70. The van der Waals surface area contributed by atoms with E-state index >= 15 is 0 Å². The summed E-state index contributed by atoms with van der Waals surface area (Å²) in [6.07, 6.45) is 5.74. The number of rotatable bonds is 8. The second kappa shape index (κ2) is 9.94. The molecule has 0 atom stereocenters. The average Bonchev–Trinajstić information content (AvgIpc) is 2.74. The van der Waals surface area contributed by atoms with Crippen LogP contribution >= 0.6 is 0 Å². The summed E-state index contributed by atoms with van der Waals surface area (Å²) < 4.78 is 5.71. The number of ether oxygens (including phenoxy) is 1. The molecule has 0 saturated carbocycles. The quantitative estimate of drug-likeness (QED) is 0.374. The van der Waals surface area contributed by atoms with Crippen LogP contribution in [0, 0.1) is 0 Å². The van der Waals surface area contributed by atoms with Gasteiger partial charge in [0.05, 0.1) is 12.3 Å². The summed E-state index contributed by atoms with van der Waals surface area (Å²) in [5.74, 6) is 1.15. The maximum atomic E-state index is 12.4. The van der Waals surface area contributed by atoms with Crippen molar-refractivity contribution in [2.75, 3.05) is 17.2 Å². The maximum absolute atomic E-state index is 12.4. The first-order valence-corrected chi connectivity index (χ1v) is 9.37. The Labute approximate surface area is 169 Å². The number of amides is 1. The van der Waals surface area contributed by atoms with E-state index in [1.54, 1.807) is 48.7 Å². The molecule has 0 aliphatic rings. The predicted molar refractivity (Wildman–Crippen MR) is 116 cm³/mol. The molecule has 0 unspecified atom stereocenters. The lowest BCUT2D eigenvalue weighted by molar-refractivity contribution is -0.111. The largest absolute Gasteiger partial charge is 0.508 e. The predicted octanol–water partition coefficient (Wildman–Crippen LogP) is 4.97. The molecule has 2 aromatic carbocycles. The van der Waals surface area contributed by atoms with E-state index in [0.29, 0.717) is 18.1 Å². The number of nitrogens with zero attached hydrogens (tertiary/aromatic N) is 1. The Bertz CT molecular complexity index is 985. The van der Waals surface area contributed by atoms with Crippen molar-refractivity contribution in [1.82, 2.24) is 4.98 Å². The van der Waals surface area contributed by atoms with Gasteiger partial charge in [-0.05, 0) is 55.0 Å². The van der Waals surface area contributed by atoms with Gasteiger partial charge in [0.25, 0.3) is 0 Å². The summed E-state index contributed by atoms with van der Waals surface area (Å²) in [5.41, 5.74) is 2.13. The van der Waals surface area contributed by atoms with Gasteiger partial charge in [0.15, 0.2) is 5.82 Å². The first-order valence-electron chi connectivity index (χ1n) is 9.37. The Morgan fingerprint density at radius 3 is 2.69 bits per heavy atom. The highest BCUT2D eigenvalue weighted by Crippen LogP contribution is 2.24. The van der Waals surface area contributed by atoms with Gasteiger partial charge < -0.3 is 20.5 Å². The van der Waals surface area contributed by atoms with E-state index in [2.05, 4.69) is 15.6 Å². The molecular weight excluding hydrogens is 366 g/mol. The summed E-state index contributed by atoms with van der Waals surface area (Å²) in [6.45, 7) is 2.67. The van der Waals surface area contributed by atoms with Gasteiger partial charge >= 0.3 is 0 Å². The second-order valence-corrected chi connectivity index (χ2v) is 6.28. The van der Waals surface area contributed by atoms with Gasteiger partial charge in [-0.1, -0.05) is 25.1 Å². The topological polar surface area (TPSA) is 83.5 Å². The summed E-state index contributed by atoms with van der Waals surface area (Å²) in [6, 6.07) is 17.7. The maximum Gasteiger partial charge on any atom is 0.248 e. The van der Waals surface area contributed by atoms with E-state index in [9.17, 15) is 9.90 Å². The normalized spacial score (nSPS) is 10.7. The van der Waals surface area contributed by atoms with E-state index < -0.39 is 0 Å².